The molecule has 4 rings (SSSR count). The third kappa shape index (κ3) is 3.03. The summed E-state index contributed by atoms with van der Waals surface area (Å²) < 4.78 is 17.5. The van der Waals surface area contributed by atoms with Crippen molar-refractivity contribution in [3.8, 4) is 11.5 Å². The summed E-state index contributed by atoms with van der Waals surface area (Å²) in [7, 11) is 0. The number of Topliss-reactive ketones (excluding diaryl/α,β-unsaturated/α-hetero) is 1. The Bertz CT molecular complexity index is 821. The second kappa shape index (κ2) is 7.16. The number of esters is 1. The second-order valence-electron chi connectivity index (χ2n) is 8.35. The third-order valence-electron chi connectivity index (χ3n) is 6.68. The minimum Gasteiger partial charge on any atom is -0.485 e. The minimum absolute atomic E-state index is 0.126. The van der Waals surface area contributed by atoms with Crippen molar-refractivity contribution in [3.05, 3.63) is 22.3 Å². The highest BCUT2D eigenvalue weighted by Crippen LogP contribution is 2.52. The second-order valence-corrected chi connectivity index (χ2v) is 8.35. The van der Waals surface area contributed by atoms with Crippen LogP contribution in [0.2, 0.25) is 0 Å². The number of ketones is 1. The highest BCUT2D eigenvalue weighted by Gasteiger charge is 2.54. The summed E-state index contributed by atoms with van der Waals surface area (Å²) in [5.41, 5.74) is 2.66. The van der Waals surface area contributed by atoms with Gasteiger partial charge in [0.05, 0.1) is 24.7 Å². The van der Waals surface area contributed by atoms with Gasteiger partial charge in [-0.2, -0.15) is 0 Å². The molecular formula is C22H29NO5. The zero-order valence-electron chi connectivity index (χ0n) is 17.2. The van der Waals surface area contributed by atoms with Crippen LogP contribution in [0, 0.1) is 26.7 Å². The number of benzene rings is 1. The van der Waals surface area contributed by atoms with Crippen LogP contribution in [0.1, 0.15) is 53.2 Å². The molecule has 2 heterocycles. The molecule has 0 aromatic heterocycles. The summed E-state index contributed by atoms with van der Waals surface area (Å²) in [6.45, 7) is 10.9. The molecule has 6 nitrogen and oxygen atoms in total. The first-order valence-corrected chi connectivity index (χ1v) is 10.2. The highest BCUT2D eigenvalue weighted by molar-refractivity contribution is 6.05. The first kappa shape index (κ1) is 19.4. The molecule has 1 aromatic carbocycles. The molecule has 0 N–H and O–H groups in total. The first-order chi connectivity index (χ1) is 13.3. The van der Waals surface area contributed by atoms with Gasteiger partial charge in [-0.15, -0.1) is 0 Å². The molecule has 1 aliphatic carbocycles. The molecule has 2 aliphatic heterocycles. The molecule has 6 heteroatoms. The van der Waals surface area contributed by atoms with E-state index in [1.807, 2.05) is 20.8 Å². The quantitative estimate of drug-likeness (QED) is 0.587. The van der Waals surface area contributed by atoms with Crippen molar-refractivity contribution < 1.29 is 23.8 Å². The number of hydrogen-bond donors (Lipinski definition) is 0. The Hall–Kier alpha value is -1.92. The zero-order valence-corrected chi connectivity index (χ0v) is 17.2. The van der Waals surface area contributed by atoms with Gasteiger partial charge in [-0.05, 0) is 51.2 Å². The van der Waals surface area contributed by atoms with Gasteiger partial charge < -0.3 is 14.2 Å². The van der Waals surface area contributed by atoms with E-state index in [1.165, 1.54) is 6.92 Å². The lowest BCUT2D eigenvalue weighted by atomic mass is 9.66. The lowest BCUT2D eigenvalue weighted by Crippen LogP contribution is -2.59. The maximum atomic E-state index is 13.7. The molecule has 1 spiro atoms. The highest BCUT2D eigenvalue weighted by atomic mass is 16.5. The molecule has 0 amide bonds. The zero-order chi connectivity index (χ0) is 20.1. The summed E-state index contributed by atoms with van der Waals surface area (Å²) in [5, 5.41) is 0. The molecule has 1 atom stereocenters. The average Bonchev–Trinajstić information content (AvgIpc) is 2.64. The summed E-state index contributed by atoms with van der Waals surface area (Å²) in [5.74, 6) is 0.735. The number of hydrogen-bond acceptors (Lipinski definition) is 6. The van der Waals surface area contributed by atoms with Gasteiger partial charge in [0.2, 0.25) is 0 Å². The normalized spacial score (nSPS) is 23.7. The largest absolute Gasteiger partial charge is 0.485 e. The number of rotatable bonds is 3. The first-order valence-electron chi connectivity index (χ1n) is 10.2. The molecule has 1 saturated heterocycles. The number of carbonyl (C=O) groups excluding carboxylic acids is 2. The van der Waals surface area contributed by atoms with Crippen LogP contribution >= 0.6 is 0 Å². The van der Waals surface area contributed by atoms with Crippen LogP contribution in [-0.2, 0) is 9.53 Å². The van der Waals surface area contributed by atoms with E-state index in [4.69, 9.17) is 14.2 Å². The number of ether oxygens (including phenoxy) is 3. The Morgan fingerprint density at radius 2 is 1.82 bits per heavy atom. The predicted octanol–water partition coefficient (Wildman–Crippen LogP) is 2.98. The summed E-state index contributed by atoms with van der Waals surface area (Å²) in [6, 6.07) is 0. The third-order valence-corrected chi connectivity index (χ3v) is 6.68. The van der Waals surface area contributed by atoms with Crippen LogP contribution < -0.4 is 9.47 Å². The monoisotopic (exact) mass is 387 g/mol. The van der Waals surface area contributed by atoms with E-state index in [0.717, 1.165) is 43.5 Å². The summed E-state index contributed by atoms with van der Waals surface area (Å²) >= 11 is 0. The molecule has 2 fully saturated rings. The Morgan fingerprint density at radius 1 is 1.14 bits per heavy atom. The van der Waals surface area contributed by atoms with E-state index >= 15 is 0 Å². The van der Waals surface area contributed by atoms with Crippen molar-refractivity contribution in [1.82, 2.24) is 4.90 Å². The standard InChI is InChI=1S/C22H29NO5/c1-13-14(2)21-18(15(3)20(13)27-16(4)24)19(25)17(22(28-21)6-5-7-22)12-23-8-10-26-11-9-23/h17H,5-12H2,1-4H3. The van der Waals surface area contributed by atoms with E-state index in [-0.39, 0.29) is 17.7 Å². The van der Waals surface area contributed by atoms with Gasteiger partial charge >= 0.3 is 5.97 Å². The molecule has 1 saturated carbocycles. The van der Waals surface area contributed by atoms with Crippen molar-refractivity contribution in [2.75, 3.05) is 32.8 Å². The van der Waals surface area contributed by atoms with E-state index in [9.17, 15) is 9.59 Å². The van der Waals surface area contributed by atoms with Gasteiger partial charge in [0.15, 0.2) is 5.78 Å². The van der Waals surface area contributed by atoms with Crippen molar-refractivity contribution in [2.24, 2.45) is 5.92 Å². The fraction of sp³-hybridized carbons (Fsp3) is 0.636. The van der Waals surface area contributed by atoms with Gasteiger partial charge in [0.1, 0.15) is 17.1 Å². The van der Waals surface area contributed by atoms with Crippen LogP contribution in [0.25, 0.3) is 0 Å². The van der Waals surface area contributed by atoms with Crippen LogP contribution in [0.4, 0.5) is 0 Å². The molecule has 152 valence electrons. The molecule has 1 unspecified atom stereocenters. The smallest absolute Gasteiger partial charge is 0.308 e. The Balaban J connectivity index is 1.77. The lowest BCUT2D eigenvalue weighted by Gasteiger charge is -2.51. The van der Waals surface area contributed by atoms with Crippen LogP contribution in [0.5, 0.6) is 11.5 Å². The van der Waals surface area contributed by atoms with Gasteiger partial charge in [-0.25, -0.2) is 0 Å². The maximum absolute atomic E-state index is 13.7. The Labute approximate surface area is 166 Å². The number of carbonyl (C=O) groups is 2. The maximum Gasteiger partial charge on any atom is 0.308 e. The fourth-order valence-electron chi connectivity index (χ4n) is 4.77. The van der Waals surface area contributed by atoms with Crippen LogP contribution in [0.15, 0.2) is 0 Å². The number of morpholine rings is 1. The molecule has 3 aliphatic rings. The van der Waals surface area contributed by atoms with E-state index in [2.05, 4.69) is 4.90 Å². The van der Waals surface area contributed by atoms with Gasteiger partial charge in [0.25, 0.3) is 0 Å². The van der Waals surface area contributed by atoms with Crippen molar-refractivity contribution in [2.45, 2.75) is 52.6 Å². The Kier molecular flexibility index (Phi) is 4.96. The van der Waals surface area contributed by atoms with E-state index in [1.54, 1.807) is 0 Å². The SMILES string of the molecule is CC(=O)Oc1c(C)c(C)c2c(c1C)C(=O)C(CN1CCOCC1)C1(CCC1)O2. The van der Waals surface area contributed by atoms with Crippen LogP contribution in [0.3, 0.4) is 0 Å². The predicted molar refractivity (Wildman–Crippen MR) is 104 cm³/mol. The van der Waals surface area contributed by atoms with Gasteiger partial charge in [-0.3, -0.25) is 14.5 Å². The molecule has 0 bridgehead atoms. The van der Waals surface area contributed by atoms with Gasteiger partial charge in [-0.1, -0.05) is 0 Å². The van der Waals surface area contributed by atoms with Gasteiger partial charge in [0, 0.05) is 32.1 Å². The van der Waals surface area contributed by atoms with Crippen molar-refractivity contribution in [3.63, 3.8) is 0 Å². The molecule has 0 radical (unpaired) electrons. The average molecular weight is 387 g/mol. The van der Waals surface area contributed by atoms with E-state index in [0.29, 0.717) is 42.4 Å². The molecule has 1 aromatic rings. The van der Waals surface area contributed by atoms with E-state index < -0.39 is 5.60 Å². The fourth-order valence-corrected chi connectivity index (χ4v) is 4.77. The lowest BCUT2D eigenvalue weighted by molar-refractivity contribution is -0.132. The van der Waals surface area contributed by atoms with Crippen LogP contribution in [-0.4, -0.2) is 55.1 Å². The molecule has 28 heavy (non-hydrogen) atoms. The summed E-state index contributed by atoms with van der Waals surface area (Å²) in [6.07, 6.45) is 2.91. The minimum atomic E-state index is -0.394. The van der Waals surface area contributed by atoms with Crippen molar-refractivity contribution in [1.29, 1.82) is 0 Å². The molecular weight excluding hydrogens is 358 g/mol. The summed E-state index contributed by atoms with van der Waals surface area (Å²) in [4.78, 5) is 27.7. The topological polar surface area (TPSA) is 65.1 Å². The number of nitrogens with zero attached hydrogens (tertiary/aromatic N) is 1. The Morgan fingerprint density at radius 3 is 2.39 bits per heavy atom. The van der Waals surface area contributed by atoms with Crippen molar-refractivity contribution >= 4 is 11.8 Å². The number of fused-ring (bicyclic) bond motifs is 1.